The number of amides is 1. The number of nitrogens with one attached hydrogen (secondary N) is 1. The molecule has 1 heterocycles. The van der Waals surface area contributed by atoms with Crippen LogP contribution < -0.4 is 10.8 Å². The lowest BCUT2D eigenvalue weighted by molar-refractivity contribution is -0.116. The van der Waals surface area contributed by atoms with E-state index >= 15 is 0 Å². The topological polar surface area (TPSA) is 58.6 Å². The van der Waals surface area contributed by atoms with Crippen LogP contribution in [0.5, 0.6) is 0 Å². The molecule has 0 unspecified atom stereocenters. The Hall–Kier alpha value is -1.81. The minimum atomic E-state index is -0.891. The lowest BCUT2D eigenvalue weighted by Gasteiger charge is -2.07. The van der Waals surface area contributed by atoms with E-state index in [9.17, 15) is 9.82 Å². The fourth-order valence-corrected chi connectivity index (χ4v) is 1.91. The molecule has 2 rings (SSSR count). The smallest absolute Gasteiger partial charge is 0.423 e. The van der Waals surface area contributed by atoms with Crippen LogP contribution in [-0.4, -0.2) is 18.0 Å². The van der Waals surface area contributed by atoms with E-state index < -0.39 is 7.12 Å². The van der Waals surface area contributed by atoms with Crippen molar-refractivity contribution in [3.05, 3.63) is 41.6 Å². The highest BCUT2D eigenvalue weighted by Gasteiger charge is 2.27. The van der Waals surface area contributed by atoms with Crippen molar-refractivity contribution in [1.82, 2.24) is 0 Å². The molecule has 1 aliphatic rings. The van der Waals surface area contributed by atoms with Crippen molar-refractivity contribution in [2.45, 2.75) is 26.4 Å². The number of carbonyl (C=O) groups excluding carboxylic acids is 1. The molecular weight excluding hydrogens is 241 g/mol. The summed E-state index contributed by atoms with van der Waals surface area (Å²) in [5, 5.41) is 12.4. The molecule has 1 aromatic carbocycles. The quantitative estimate of drug-likeness (QED) is 0.632. The molecule has 98 valence electrons. The molecule has 0 aliphatic carbocycles. The van der Waals surface area contributed by atoms with Crippen LogP contribution in [0.2, 0.25) is 0 Å². The van der Waals surface area contributed by atoms with Gasteiger partial charge in [-0.1, -0.05) is 12.6 Å². The highest BCUT2D eigenvalue weighted by Crippen LogP contribution is 2.15. The largest absolute Gasteiger partial charge is 0.491 e. The second-order valence-electron chi connectivity index (χ2n) is 4.58. The molecule has 0 bridgehead atoms. The fourth-order valence-electron chi connectivity index (χ4n) is 1.91. The molecule has 0 fully saturated rings. The lowest BCUT2D eigenvalue weighted by atomic mass is 9.79. The van der Waals surface area contributed by atoms with Gasteiger partial charge in [0, 0.05) is 12.1 Å². The normalized spacial score (nSPS) is 12.8. The highest BCUT2D eigenvalue weighted by molar-refractivity contribution is 6.61. The minimum absolute atomic E-state index is 0.0667. The van der Waals surface area contributed by atoms with Crippen molar-refractivity contribution in [2.75, 3.05) is 5.32 Å². The van der Waals surface area contributed by atoms with Crippen LogP contribution in [0.3, 0.4) is 0 Å². The molecule has 0 saturated heterocycles. The van der Waals surface area contributed by atoms with Crippen LogP contribution in [0.4, 0.5) is 5.69 Å². The summed E-state index contributed by atoms with van der Waals surface area (Å²) in [7, 11) is -0.891. The Morgan fingerprint density at radius 2 is 2.37 bits per heavy atom. The predicted molar refractivity (Wildman–Crippen MR) is 75.0 cm³/mol. The van der Waals surface area contributed by atoms with E-state index in [-0.39, 0.29) is 5.91 Å². The molecule has 1 aliphatic heterocycles. The molecule has 2 N–H and O–H groups in total. The Labute approximate surface area is 112 Å². The minimum Gasteiger partial charge on any atom is -0.423 e. The fraction of sp³-hybridized carbons (Fsp3) is 0.286. The zero-order chi connectivity index (χ0) is 13.8. The average molecular weight is 257 g/mol. The van der Waals surface area contributed by atoms with Crippen molar-refractivity contribution < 1.29 is 14.5 Å². The maximum atomic E-state index is 11.7. The second-order valence-corrected chi connectivity index (χ2v) is 4.58. The summed E-state index contributed by atoms with van der Waals surface area (Å²) in [6, 6.07) is 5.42. The molecule has 0 spiro atoms. The number of benzene rings is 1. The molecule has 4 nitrogen and oxygen atoms in total. The van der Waals surface area contributed by atoms with Crippen LogP contribution in [0.1, 0.15) is 25.3 Å². The molecule has 0 radical (unpaired) electrons. The third kappa shape index (κ3) is 3.35. The van der Waals surface area contributed by atoms with Gasteiger partial charge in [-0.15, -0.1) is 5.73 Å². The van der Waals surface area contributed by atoms with Crippen LogP contribution in [0, 0.1) is 0 Å². The number of rotatable bonds is 4. The molecule has 1 amide bonds. The first-order chi connectivity index (χ1) is 9.10. The molecule has 0 aromatic heterocycles. The first kappa shape index (κ1) is 13.6. The Bertz CT molecular complexity index is 550. The monoisotopic (exact) mass is 257 g/mol. The molecular formula is C14H16BNO3. The van der Waals surface area contributed by atoms with E-state index in [0.29, 0.717) is 25.1 Å². The van der Waals surface area contributed by atoms with E-state index in [4.69, 9.17) is 4.65 Å². The lowest BCUT2D eigenvalue weighted by Crippen LogP contribution is -2.28. The molecule has 19 heavy (non-hydrogen) atoms. The van der Waals surface area contributed by atoms with Gasteiger partial charge in [0.1, 0.15) is 0 Å². The van der Waals surface area contributed by atoms with Gasteiger partial charge < -0.3 is 15.0 Å². The van der Waals surface area contributed by atoms with Crippen LogP contribution in [0.25, 0.3) is 0 Å². The summed E-state index contributed by atoms with van der Waals surface area (Å²) in [6.07, 6.45) is 1.04. The molecule has 1 aromatic rings. The average Bonchev–Trinajstić information content (AvgIpc) is 2.77. The number of fused-ring (bicyclic) bond motifs is 1. The zero-order valence-corrected chi connectivity index (χ0v) is 10.9. The SMILES string of the molecule is C=C=C(C)CCC(=O)Nc1ccc2c(c1)B(O)OC2. The van der Waals surface area contributed by atoms with Crippen molar-refractivity contribution in [2.24, 2.45) is 0 Å². The Morgan fingerprint density at radius 3 is 3.11 bits per heavy atom. The van der Waals surface area contributed by atoms with E-state index in [0.717, 1.165) is 16.6 Å². The van der Waals surface area contributed by atoms with E-state index in [1.54, 1.807) is 6.07 Å². The van der Waals surface area contributed by atoms with Gasteiger partial charge in [0.2, 0.25) is 5.91 Å². The third-order valence-electron chi connectivity index (χ3n) is 3.12. The van der Waals surface area contributed by atoms with Gasteiger partial charge in [-0.3, -0.25) is 4.79 Å². The number of hydrogen-bond donors (Lipinski definition) is 2. The molecule has 5 heteroatoms. The zero-order valence-electron chi connectivity index (χ0n) is 10.9. The van der Waals surface area contributed by atoms with Gasteiger partial charge in [0.15, 0.2) is 0 Å². The summed E-state index contributed by atoms with van der Waals surface area (Å²) in [4.78, 5) is 11.7. The van der Waals surface area contributed by atoms with Crippen LogP contribution in [0.15, 0.2) is 36.1 Å². The highest BCUT2D eigenvalue weighted by atomic mass is 16.5. The van der Waals surface area contributed by atoms with Crippen molar-refractivity contribution in [3.63, 3.8) is 0 Å². The van der Waals surface area contributed by atoms with Crippen molar-refractivity contribution >= 4 is 24.2 Å². The Balaban J connectivity index is 1.98. The van der Waals surface area contributed by atoms with Gasteiger partial charge in [-0.25, -0.2) is 0 Å². The summed E-state index contributed by atoms with van der Waals surface area (Å²) in [5.41, 5.74) is 6.08. The number of carbonyl (C=O) groups is 1. The summed E-state index contributed by atoms with van der Waals surface area (Å²) < 4.78 is 5.10. The van der Waals surface area contributed by atoms with Gasteiger partial charge >= 0.3 is 7.12 Å². The van der Waals surface area contributed by atoms with E-state index in [1.165, 1.54) is 0 Å². The maximum absolute atomic E-state index is 11.7. The van der Waals surface area contributed by atoms with Gasteiger partial charge in [0.25, 0.3) is 0 Å². The number of hydrogen-bond acceptors (Lipinski definition) is 3. The first-order valence-corrected chi connectivity index (χ1v) is 6.18. The maximum Gasteiger partial charge on any atom is 0.491 e. The van der Waals surface area contributed by atoms with Crippen molar-refractivity contribution in [1.29, 1.82) is 0 Å². The molecule has 0 atom stereocenters. The first-order valence-electron chi connectivity index (χ1n) is 6.18. The third-order valence-corrected chi connectivity index (χ3v) is 3.12. The summed E-state index contributed by atoms with van der Waals surface area (Å²) in [5.74, 6) is -0.0667. The summed E-state index contributed by atoms with van der Waals surface area (Å²) >= 11 is 0. The Morgan fingerprint density at radius 1 is 1.58 bits per heavy atom. The molecule has 0 saturated carbocycles. The van der Waals surface area contributed by atoms with Gasteiger partial charge in [-0.05, 0) is 42.1 Å². The predicted octanol–water partition coefficient (Wildman–Crippen LogP) is 1.35. The standard InChI is InChI=1S/C14H16BNO3/c1-3-10(2)4-7-14(17)16-12-6-5-11-9-19-15(18)13(11)8-12/h5-6,8,18H,1,4,7,9H2,2H3,(H,16,17). The second kappa shape index (κ2) is 5.89. The number of anilines is 1. The van der Waals surface area contributed by atoms with E-state index in [1.807, 2.05) is 19.1 Å². The Kier molecular flexibility index (Phi) is 4.22. The van der Waals surface area contributed by atoms with Crippen LogP contribution in [-0.2, 0) is 16.1 Å². The van der Waals surface area contributed by atoms with Crippen LogP contribution >= 0.6 is 0 Å². The van der Waals surface area contributed by atoms with Crippen molar-refractivity contribution in [3.8, 4) is 0 Å². The van der Waals surface area contributed by atoms with Gasteiger partial charge in [0.05, 0.1) is 6.61 Å². The summed E-state index contributed by atoms with van der Waals surface area (Å²) in [6.45, 7) is 5.84. The number of allylic oxidation sites excluding steroid dienone is 1. The van der Waals surface area contributed by atoms with Gasteiger partial charge in [-0.2, -0.15) is 0 Å². The van der Waals surface area contributed by atoms with E-state index in [2.05, 4.69) is 17.6 Å².